The molecule has 4 rings (SSSR count). The van der Waals surface area contributed by atoms with Crippen LogP contribution < -0.4 is 0 Å². The van der Waals surface area contributed by atoms with Crippen molar-refractivity contribution in [2.75, 3.05) is 26.2 Å². The molecule has 0 saturated carbocycles. The molecule has 8 heteroatoms. The summed E-state index contributed by atoms with van der Waals surface area (Å²) in [5.74, 6) is -1.99. The Morgan fingerprint density at radius 1 is 1.00 bits per heavy atom. The third-order valence-electron chi connectivity index (χ3n) is 5.73. The molecule has 1 fully saturated rings. The Bertz CT molecular complexity index is 1030. The Hall–Kier alpha value is -2.32. The quantitative estimate of drug-likeness (QED) is 0.767. The average Bonchev–Trinajstić information content (AvgIpc) is 2.74. The summed E-state index contributed by atoms with van der Waals surface area (Å²) in [6, 6.07) is 10.3. The first-order valence-electron chi connectivity index (χ1n) is 9.70. The van der Waals surface area contributed by atoms with Gasteiger partial charge < -0.3 is 4.90 Å². The van der Waals surface area contributed by atoms with Crippen molar-refractivity contribution in [1.29, 1.82) is 0 Å². The Kier molecular flexibility index (Phi) is 5.40. The third-order valence-corrected chi connectivity index (χ3v) is 7.64. The van der Waals surface area contributed by atoms with Crippen LogP contribution in [0.3, 0.4) is 0 Å². The van der Waals surface area contributed by atoms with Crippen LogP contribution in [0.1, 0.15) is 29.9 Å². The number of carbonyl (C=O) groups excluding carboxylic acids is 1. The molecule has 0 bridgehead atoms. The lowest BCUT2D eigenvalue weighted by molar-refractivity contribution is -0.134. The molecule has 1 aliphatic carbocycles. The lowest BCUT2D eigenvalue weighted by atomic mass is 9.82. The molecular formula is C21H22F2N2O3S. The number of halogens is 2. The van der Waals surface area contributed by atoms with Crippen LogP contribution in [0.25, 0.3) is 0 Å². The van der Waals surface area contributed by atoms with E-state index in [0.717, 1.165) is 41.3 Å². The normalized spacial score (nSPS) is 20.3. The fraction of sp³-hybridized carbons (Fsp3) is 0.381. The van der Waals surface area contributed by atoms with Gasteiger partial charge in [0.15, 0.2) is 0 Å². The van der Waals surface area contributed by atoms with Crippen molar-refractivity contribution in [1.82, 2.24) is 9.21 Å². The monoisotopic (exact) mass is 420 g/mol. The number of benzene rings is 2. The molecule has 1 amide bonds. The first-order valence-corrected chi connectivity index (χ1v) is 11.1. The van der Waals surface area contributed by atoms with Crippen LogP contribution in [-0.2, 0) is 21.2 Å². The SMILES string of the molecule is O=C(C1CCCc2ccccc21)N1CCN(S(=O)(=O)c2cc(F)ccc2F)CC1. The predicted molar refractivity (Wildman–Crippen MR) is 104 cm³/mol. The van der Waals surface area contributed by atoms with E-state index in [1.807, 2.05) is 24.3 Å². The number of aryl methyl sites for hydroxylation is 1. The molecule has 29 heavy (non-hydrogen) atoms. The summed E-state index contributed by atoms with van der Waals surface area (Å²) in [5, 5.41) is 0. The molecule has 0 spiro atoms. The zero-order valence-corrected chi connectivity index (χ0v) is 16.7. The molecule has 0 N–H and O–H groups in total. The maximum atomic E-state index is 14.0. The molecule has 1 aliphatic heterocycles. The van der Waals surface area contributed by atoms with Crippen LogP contribution in [0.2, 0.25) is 0 Å². The fourth-order valence-corrected chi connectivity index (χ4v) is 5.69. The largest absolute Gasteiger partial charge is 0.340 e. The van der Waals surface area contributed by atoms with Gasteiger partial charge in [-0.05, 0) is 48.6 Å². The van der Waals surface area contributed by atoms with E-state index in [-0.39, 0.29) is 38.0 Å². The van der Waals surface area contributed by atoms with E-state index < -0.39 is 26.6 Å². The molecule has 1 unspecified atom stereocenters. The first kappa shape index (κ1) is 20.0. The minimum atomic E-state index is -4.16. The van der Waals surface area contributed by atoms with Crippen LogP contribution >= 0.6 is 0 Å². The second-order valence-corrected chi connectivity index (χ2v) is 9.35. The highest BCUT2D eigenvalue weighted by Gasteiger charge is 2.35. The van der Waals surface area contributed by atoms with Gasteiger partial charge in [0.2, 0.25) is 15.9 Å². The second kappa shape index (κ2) is 7.84. The number of sulfonamides is 1. The highest BCUT2D eigenvalue weighted by molar-refractivity contribution is 7.89. The van der Waals surface area contributed by atoms with Gasteiger partial charge in [0.25, 0.3) is 0 Å². The van der Waals surface area contributed by atoms with E-state index in [1.54, 1.807) is 4.90 Å². The lowest BCUT2D eigenvalue weighted by Gasteiger charge is -2.37. The van der Waals surface area contributed by atoms with Gasteiger partial charge >= 0.3 is 0 Å². The summed E-state index contributed by atoms with van der Waals surface area (Å²) in [6.07, 6.45) is 2.69. The minimum absolute atomic E-state index is 0.00568. The summed E-state index contributed by atoms with van der Waals surface area (Å²) in [7, 11) is -4.16. The number of nitrogens with zero attached hydrogens (tertiary/aromatic N) is 2. The predicted octanol–water partition coefficient (Wildman–Crippen LogP) is 2.92. The van der Waals surface area contributed by atoms with Crippen molar-refractivity contribution >= 4 is 15.9 Å². The van der Waals surface area contributed by atoms with Crippen molar-refractivity contribution in [2.45, 2.75) is 30.1 Å². The zero-order chi connectivity index (χ0) is 20.6. The molecule has 2 aromatic rings. The third kappa shape index (κ3) is 3.79. The Balaban J connectivity index is 1.47. The Labute approximate surface area is 169 Å². The van der Waals surface area contributed by atoms with Crippen LogP contribution in [0, 0.1) is 11.6 Å². The van der Waals surface area contributed by atoms with Gasteiger partial charge in [-0.15, -0.1) is 0 Å². The number of hydrogen-bond donors (Lipinski definition) is 0. The standard InChI is InChI=1S/C21H22F2N2O3S/c22-16-8-9-19(23)20(14-16)29(27,28)25-12-10-24(11-13-25)21(26)18-7-3-5-15-4-1-2-6-17(15)18/h1-2,4,6,8-9,14,18H,3,5,7,10-13H2. The number of amides is 1. The summed E-state index contributed by atoms with van der Waals surface area (Å²) in [6.45, 7) is 0.568. The van der Waals surface area contributed by atoms with E-state index in [9.17, 15) is 22.0 Å². The number of rotatable bonds is 3. The highest BCUT2D eigenvalue weighted by atomic mass is 32.2. The van der Waals surface area contributed by atoms with E-state index in [2.05, 4.69) is 0 Å². The number of fused-ring (bicyclic) bond motifs is 1. The van der Waals surface area contributed by atoms with Crippen LogP contribution in [0.4, 0.5) is 8.78 Å². The second-order valence-electron chi connectivity index (χ2n) is 7.45. The first-order chi connectivity index (χ1) is 13.9. The van der Waals surface area contributed by atoms with Gasteiger partial charge in [-0.2, -0.15) is 4.31 Å². The van der Waals surface area contributed by atoms with Crippen LogP contribution in [0.15, 0.2) is 47.4 Å². The molecule has 0 radical (unpaired) electrons. The summed E-state index contributed by atoms with van der Waals surface area (Å²) in [5.41, 5.74) is 2.25. The van der Waals surface area contributed by atoms with Gasteiger partial charge in [0, 0.05) is 26.2 Å². The summed E-state index contributed by atoms with van der Waals surface area (Å²) < 4.78 is 54.0. The smallest absolute Gasteiger partial charge is 0.246 e. The summed E-state index contributed by atoms with van der Waals surface area (Å²) >= 11 is 0. The van der Waals surface area contributed by atoms with Crippen LogP contribution in [-0.4, -0.2) is 49.7 Å². The highest BCUT2D eigenvalue weighted by Crippen LogP contribution is 2.33. The number of hydrogen-bond acceptors (Lipinski definition) is 3. The maximum Gasteiger partial charge on any atom is 0.246 e. The fourth-order valence-electron chi connectivity index (χ4n) is 4.19. The molecule has 0 aromatic heterocycles. The maximum absolute atomic E-state index is 14.0. The van der Waals surface area contributed by atoms with Gasteiger partial charge in [0.1, 0.15) is 16.5 Å². The molecule has 154 valence electrons. The number of carbonyl (C=O) groups is 1. The van der Waals surface area contributed by atoms with Crippen LogP contribution in [0.5, 0.6) is 0 Å². The van der Waals surface area contributed by atoms with Gasteiger partial charge in [-0.3, -0.25) is 4.79 Å². The summed E-state index contributed by atoms with van der Waals surface area (Å²) in [4.78, 5) is 14.1. The van der Waals surface area contributed by atoms with E-state index in [0.29, 0.717) is 6.07 Å². The average molecular weight is 420 g/mol. The van der Waals surface area contributed by atoms with E-state index in [1.165, 1.54) is 5.56 Å². The molecule has 5 nitrogen and oxygen atoms in total. The Morgan fingerprint density at radius 3 is 2.48 bits per heavy atom. The zero-order valence-electron chi connectivity index (χ0n) is 15.9. The topological polar surface area (TPSA) is 57.7 Å². The molecule has 1 saturated heterocycles. The lowest BCUT2D eigenvalue weighted by Crippen LogP contribution is -2.51. The van der Waals surface area contributed by atoms with Crippen molar-refractivity contribution in [3.8, 4) is 0 Å². The Morgan fingerprint density at radius 2 is 1.72 bits per heavy atom. The van der Waals surface area contributed by atoms with Crippen molar-refractivity contribution in [2.24, 2.45) is 0 Å². The molecule has 1 atom stereocenters. The molecular weight excluding hydrogens is 398 g/mol. The van der Waals surface area contributed by atoms with Crippen molar-refractivity contribution in [3.63, 3.8) is 0 Å². The molecule has 2 aromatic carbocycles. The van der Waals surface area contributed by atoms with Crippen molar-refractivity contribution < 1.29 is 22.0 Å². The van der Waals surface area contributed by atoms with Gasteiger partial charge in [-0.25, -0.2) is 17.2 Å². The molecule has 2 aliphatic rings. The van der Waals surface area contributed by atoms with Crippen molar-refractivity contribution in [3.05, 3.63) is 65.2 Å². The minimum Gasteiger partial charge on any atom is -0.340 e. The van der Waals surface area contributed by atoms with Gasteiger partial charge in [-0.1, -0.05) is 24.3 Å². The van der Waals surface area contributed by atoms with E-state index >= 15 is 0 Å². The molecule has 1 heterocycles. The van der Waals surface area contributed by atoms with E-state index in [4.69, 9.17) is 0 Å². The van der Waals surface area contributed by atoms with Gasteiger partial charge in [0.05, 0.1) is 5.92 Å². The number of piperazine rings is 1.